The molecular formula is C16H24N2O5. The number of amides is 1. The number of nitrogens with one attached hydrogen (secondary N) is 2. The average molecular weight is 324 g/mol. The largest absolute Gasteiger partial charge is 0.461 e. The van der Waals surface area contributed by atoms with E-state index < -0.39 is 11.9 Å². The number of rotatable bonds is 7. The number of carbonyl (C=O) groups is 3. The van der Waals surface area contributed by atoms with Gasteiger partial charge in [-0.1, -0.05) is 6.92 Å². The van der Waals surface area contributed by atoms with Crippen LogP contribution >= 0.6 is 0 Å². The van der Waals surface area contributed by atoms with Crippen molar-refractivity contribution < 1.29 is 23.9 Å². The lowest BCUT2D eigenvalue weighted by atomic mass is 10.1. The molecule has 0 spiro atoms. The highest BCUT2D eigenvalue weighted by molar-refractivity contribution is 5.99. The molecule has 1 amide bonds. The molecule has 0 aliphatic heterocycles. The molecule has 23 heavy (non-hydrogen) atoms. The molecule has 2 N–H and O–H groups in total. The van der Waals surface area contributed by atoms with Crippen LogP contribution in [0.4, 0.5) is 0 Å². The summed E-state index contributed by atoms with van der Waals surface area (Å²) in [6, 6.07) is 0.0207. The fourth-order valence-corrected chi connectivity index (χ4v) is 2.09. The van der Waals surface area contributed by atoms with Crippen molar-refractivity contribution in [3.8, 4) is 0 Å². The molecular weight excluding hydrogens is 300 g/mol. The van der Waals surface area contributed by atoms with Crippen LogP contribution in [-0.2, 0) is 14.3 Å². The van der Waals surface area contributed by atoms with Gasteiger partial charge in [0.15, 0.2) is 6.61 Å². The van der Waals surface area contributed by atoms with E-state index >= 15 is 0 Å². The Morgan fingerprint density at radius 2 is 1.78 bits per heavy atom. The lowest BCUT2D eigenvalue weighted by Crippen LogP contribution is -2.35. The Balaban J connectivity index is 2.77. The maximum atomic E-state index is 12.2. The number of aromatic amines is 1. The normalized spacial score (nSPS) is 11.7. The molecule has 1 aromatic heterocycles. The molecule has 0 aromatic carbocycles. The highest BCUT2D eigenvalue weighted by Gasteiger charge is 2.24. The molecule has 0 bridgehead atoms. The summed E-state index contributed by atoms with van der Waals surface area (Å²) in [6.45, 7) is 8.69. The predicted molar refractivity (Wildman–Crippen MR) is 84.4 cm³/mol. The van der Waals surface area contributed by atoms with Gasteiger partial charge in [-0.3, -0.25) is 4.79 Å². The van der Waals surface area contributed by atoms with E-state index in [-0.39, 0.29) is 36.4 Å². The third-order valence-corrected chi connectivity index (χ3v) is 3.48. The molecule has 128 valence electrons. The van der Waals surface area contributed by atoms with Crippen LogP contribution in [0.1, 0.15) is 59.3 Å². The average Bonchev–Trinajstić information content (AvgIpc) is 2.80. The molecule has 1 atom stereocenters. The number of hydrogen-bond donors (Lipinski definition) is 2. The molecule has 0 saturated heterocycles. The van der Waals surface area contributed by atoms with Crippen molar-refractivity contribution in [2.24, 2.45) is 0 Å². The summed E-state index contributed by atoms with van der Waals surface area (Å²) >= 11 is 0. The van der Waals surface area contributed by atoms with Gasteiger partial charge < -0.3 is 19.8 Å². The van der Waals surface area contributed by atoms with Gasteiger partial charge in [0.05, 0.1) is 12.2 Å². The van der Waals surface area contributed by atoms with E-state index in [0.717, 1.165) is 6.42 Å². The van der Waals surface area contributed by atoms with E-state index in [1.165, 1.54) is 0 Å². The van der Waals surface area contributed by atoms with Crippen molar-refractivity contribution >= 4 is 17.8 Å². The minimum absolute atomic E-state index is 0.0207. The highest BCUT2D eigenvalue weighted by atomic mass is 16.5. The first-order valence-electron chi connectivity index (χ1n) is 7.64. The van der Waals surface area contributed by atoms with Crippen molar-refractivity contribution in [2.75, 3.05) is 13.2 Å². The van der Waals surface area contributed by atoms with Gasteiger partial charge in [-0.25, -0.2) is 9.59 Å². The van der Waals surface area contributed by atoms with E-state index in [1.54, 1.807) is 20.8 Å². The minimum Gasteiger partial charge on any atom is -0.461 e. The number of hydrogen-bond acceptors (Lipinski definition) is 5. The van der Waals surface area contributed by atoms with E-state index in [1.807, 2.05) is 13.8 Å². The number of aryl methyl sites for hydroxylation is 1. The number of H-pyrrole nitrogens is 1. The second-order valence-corrected chi connectivity index (χ2v) is 5.30. The van der Waals surface area contributed by atoms with E-state index in [2.05, 4.69) is 10.3 Å². The Labute approximate surface area is 135 Å². The lowest BCUT2D eigenvalue weighted by Gasteiger charge is -2.11. The molecule has 1 unspecified atom stereocenters. The number of ether oxygens (including phenoxy) is 2. The molecule has 0 aliphatic rings. The van der Waals surface area contributed by atoms with Crippen molar-refractivity contribution in [1.29, 1.82) is 0 Å². The molecule has 1 rings (SSSR count). The monoisotopic (exact) mass is 324 g/mol. The fourth-order valence-electron chi connectivity index (χ4n) is 2.09. The molecule has 1 heterocycles. The zero-order valence-electron chi connectivity index (χ0n) is 14.2. The Hall–Kier alpha value is -2.31. The Bertz CT molecular complexity index is 592. The Morgan fingerprint density at radius 3 is 2.35 bits per heavy atom. The first kappa shape index (κ1) is 18.7. The van der Waals surface area contributed by atoms with E-state index in [9.17, 15) is 14.4 Å². The molecule has 0 fully saturated rings. The van der Waals surface area contributed by atoms with Gasteiger partial charge in [0.1, 0.15) is 5.69 Å². The van der Waals surface area contributed by atoms with Crippen molar-refractivity contribution in [1.82, 2.24) is 10.3 Å². The summed E-state index contributed by atoms with van der Waals surface area (Å²) in [5.41, 5.74) is 1.43. The zero-order chi connectivity index (χ0) is 17.6. The molecule has 7 nitrogen and oxygen atoms in total. The summed E-state index contributed by atoms with van der Waals surface area (Å²) in [5.74, 6) is -1.53. The van der Waals surface area contributed by atoms with E-state index in [4.69, 9.17) is 9.47 Å². The Morgan fingerprint density at radius 1 is 1.13 bits per heavy atom. The second-order valence-electron chi connectivity index (χ2n) is 5.30. The van der Waals surface area contributed by atoms with Crippen LogP contribution in [-0.4, -0.2) is 42.1 Å². The quantitative estimate of drug-likeness (QED) is 0.746. The van der Waals surface area contributed by atoms with Gasteiger partial charge in [-0.15, -0.1) is 0 Å². The molecule has 0 radical (unpaired) electrons. The van der Waals surface area contributed by atoms with Gasteiger partial charge in [-0.2, -0.15) is 0 Å². The molecule has 7 heteroatoms. The summed E-state index contributed by atoms with van der Waals surface area (Å²) in [6.07, 6.45) is 0.790. The summed E-state index contributed by atoms with van der Waals surface area (Å²) in [5, 5.41) is 2.71. The predicted octanol–water partition coefficient (Wildman–Crippen LogP) is 1.88. The van der Waals surface area contributed by atoms with Crippen LogP contribution in [0.25, 0.3) is 0 Å². The number of aromatic nitrogens is 1. The van der Waals surface area contributed by atoms with Crippen LogP contribution in [0.2, 0.25) is 0 Å². The summed E-state index contributed by atoms with van der Waals surface area (Å²) in [4.78, 5) is 38.4. The van der Waals surface area contributed by atoms with Gasteiger partial charge in [-0.05, 0) is 39.7 Å². The van der Waals surface area contributed by atoms with Crippen LogP contribution in [0, 0.1) is 13.8 Å². The van der Waals surface area contributed by atoms with Crippen molar-refractivity contribution in [3.05, 3.63) is 22.5 Å². The first-order valence-corrected chi connectivity index (χ1v) is 7.64. The van der Waals surface area contributed by atoms with Crippen molar-refractivity contribution in [3.63, 3.8) is 0 Å². The highest BCUT2D eigenvalue weighted by Crippen LogP contribution is 2.19. The number of carbonyl (C=O) groups excluding carboxylic acids is 3. The molecule has 0 aliphatic carbocycles. The van der Waals surface area contributed by atoms with Crippen LogP contribution in [0.3, 0.4) is 0 Å². The standard InChI is InChI=1S/C16H24N2O5/c1-6-9(3)17-12(19)8-23-15(20)13-10(4)14(18-11(13)5)16(21)22-7-2/h9,18H,6-8H2,1-5H3,(H,17,19). The zero-order valence-corrected chi connectivity index (χ0v) is 14.2. The van der Waals surface area contributed by atoms with Crippen molar-refractivity contribution in [2.45, 2.75) is 47.1 Å². The smallest absolute Gasteiger partial charge is 0.355 e. The SMILES string of the molecule is CCOC(=O)c1[nH]c(C)c(C(=O)OCC(=O)NC(C)CC)c1C. The fraction of sp³-hybridized carbons (Fsp3) is 0.562. The topological polar surface area (TPSA) is 97.5 Å². The summed E-state index contributed by atoms with van der Waals surface area (Å²) < 4.78 is 9.95. The molecule has 1 aromatic rings. The van der Waals surface area contributed by atoms with Gasteiger partial charge in [0.25, 0.3) is 5.91 Å². The lowest BCUT2D eigenvalue weighted by molar-refractivity contribution is -0.124. The van der Waals surface area contributed by atoms with Gasteiger partial charge in [0, 0.05) is 11.7 Å². The van der Waals surface area contributed by atoms with E-state index in [0.29, 0.717) is 11.3 Å². The summed E-state index contributed by atoms with van der Waals surface area (Å²) in [7, 11) is 0. The third-order valence-electron chi connectivity index (χ3n) is 3.48. The van der Waals surface area contributed by atoms with Crippen LogP contribution in [0.5, 0.6) is 0 Å². The first-order chi connectivity index (χ1) is 10.8. The second kappa shape index (κ2) is 8.36. The van der Waals surface area contributed by atoms with Crippen LogP contribution in [0.15, 0.2) is 0 Å². The Kier molecular flexibility index (Phi) is 6.81. The maximum absolute atomic E-state index is 12.2. The van der Waals surface area contributed by atoms with Crippen LogP contribution < -0.4 is 5.32 Å². The van der Waals surface area contributed by atoms with Gasteiger partial charge >= 0.3 is 11.9 Å². The van der Waals surface area contributed by atoms with Gasteiger partial charge in [0.2, 0.25) is 0 Å². The third kappa shape index (κ3) is 4.84. The molecule has 0 saturated carbocycles. The minimum atomic E-state index is -0.647. The maximum Gasteiger partial charge on any atom is 0.355 e. The number of esters is 2.